The van der Waals surface area contributed by atoms with Gasteiger partial charge in [-0.3, -0.25) is 4.79 Å². The minimum absolute atomic E-state index is 0.0802. The van der Waals surface area contributed by atoms with Gasteiger partial charge in [0.1, 0.15) is 5.75 Å². The SMILES string of the molecule is COc1cccc(C(C)C2=NN(C)C(=O)CC2)c1. The quantitative estimate of drug-likeness (QED) is 0.821. The van der Waals surface area contributed by atoms with Crippen LogP contribution in [0.25, 0.3) is 0 Å². The van der Waals surface area contributed by atoms with Gasteiger partial charge in [-0.15, -0.1) is 0 Å². The van der Waals surface area contributed by atoms with Gasteiger partial charge in [-0.25, -0.2) is 5.01 Å². The van der Waals surface area contributed by atoms with E-state index in [0.717, 1.165) is 23.4 Å². The summed E-state index contributed by atoms with van der Waals surface area (Å²) in [6, 6.07) is 7.98. The Hall–Kier alpha value is -1.84. The van der Waals surface area contributed by atoms with Crippen LogP contribution in [-0.2, 0) is 4.79 Å². The summed E-state index contributed by atoms with van der Waals surface area (Å²) in [7, 11) is 3.37. The van der Waals surface area contributed by atoms with E-state index in [-0.39, 0.29) is 11.8 Å². The predicted octanol–water partition coefficient (Wildman–Crippen LogP) is 2.41. The van der Waals surface area contributed by atoms with E-state index >= 15 is 0 Å². The van der Waals surface area contributed by atoms with Crippen LogP contribution in [0.1, 0.15) is 31.2 Å². The molecule has 4 heteroatoms. The second-order valence-electron chi connectivity index (χ2n) is 4.51. The zero-order valence-electron chi connectivity index (χ0n) is 11.0. The minimum Gasteiger partial charge on any atom is -0.497 e. The Labute approximate surface area is 107 Å². The van der Waals surface area contributed by atoms with Crippen molar-refractivity contribution >= 4 is 11.6 Å². The lowest BCUT2D eigenvalue weighted by atomic mass is 9.92. The van der Waals surface area contributed by atoms with Gasteiger partial charge in [0, 0.05) is 25.1 Å². The first-order chi connectivity index (χ1) is 8.61. The van der Waals surface area contributed by atoms with E-state index in [9.17, 15) is 4.79 Å². The fourth-order valence-electron chi connectivity index (χ4n) is 2.10. The minimum atomic E-state index is 0.0802. The summed E-state index contributed by atoms with van der Waals surface area (Å²) in [4.78, 5) is 11.4. The lowest BCUT2D eigenvalue weighted by Gasteiger charge is -2.23. The molecule has 1 aliphatic heterocycles. The highest BCUT2D eigenvalue weighted by atomic mass is 16.5. The molecule has 0 N–H and O–H groups in total. The molecule has 4 nitrogen and oxygen atoms in total. The first-order valence-electron chi connectivity index (χ1n) is 6.09. The lowest BCUT2D eigenvalue weighted by Crippen LogP contribution is -2.30. The molecule has 0 saturated carbocycles. The average Bonchev–Trinajstić information content (AvgIpc) is 2.41. The number of carbonyl (C=O) groups excluding carboxylic acids is 1. The summed E-state index contributed by atoms with van der Waals surface area (Å²) in [5.41, 5.74) is 2.21. The van der Waals surface area contributed by atoms with Gasteiger partial charge in [0.05, 0.1) is 7.11 Å². The van der Waals surface area contributed by atoms with Crippen molar-refractivity contribution in [1.82, 2.24) is 5.01 Å². The maximum absolute atomic E-state index is 11.4. The molecular weight excluding hydrogens is 228 g/mol. The van der Waals surface area contributed by atoms with E-state index in [1.54, 1.807) is 14.2 Å². The topological polar surface area (TPSA) is 41.9 Å². The molecule has 1 amide bonds. The number of ether oxygens (including phenoxy) is 1. The van der Waals surface area contributed by atoms with Gasteiger partial charge < -0.3 is 4.74 Å². The largest absolute Gasteiger partial charge is 0.497 e. The number of hydrazone groups is 1. The van der Waals surface area contributed by atoms with Crippen LogP contribution in [0.4, 0.5) is 0 Å². The van der Waals surface area contributed by atoms with Crippen LogP contribution in [0.2, 0.25) is 0 Å². The van der Waals surface area contributed by atoms with Crippen molar-refractivity contribution in [1.29, 1.82) is 0 Å². The second kappa shape index (κ2) is 5.21. The standard InChI is InChI=1S/C14H18N2O2/c1-10(11-5-4-6-12(9-11)18-3)13-7-8-14(17)16(2)15-13/h4-6,9-10H,7-8H2,1-3H3. The summed E-state index contributed by atoms with van der Waals surface area (Å²) in [5, 5.41) is 5.79. The van der Waals surface area contributed by atoms with Crippen LogP contribution in [-0.4, -0.2) is 30.8 Å². The molecule has 0 saturated heterocycles. The molecular formula is C14H18N2O2. The van der Waals surface area contributed by atoms with Gasteiger partial charge in [-0.05, 0) is 24.1 Å². The van der Waals surface area contributed by atoms with Crippen molar-refractivity contribution in [2.45, 2.75) is 25.7 Å². The van der Waals surface area contributed by atoms with Crippen molar-refractivity contribution in [3.8, 4) is 5.75 Å². The highest BCUT2D eigenvalue weighted by Crippen LogP contribution is 2.25. The Morgan fingerprint density at radius 2 is 2.17 bits per heavy atom. The summed E-state index contributed by atoms with van der Waals surface area (Å²) < 4.78 is 5.23. The Kier molecular flexibility index (Phi) is 3.65. The number of amides is 1. The number of nitrogens with zero attached hydrogens (tertiary/aromatic N) is 2. The van der Waals surface area contributed by atoms with Crippen molar-refractivity contribution in [3.05, 3.63) is 29.8 Å². The molecule has 1 aliphatic rings. The first-order valence-corrected chi connectivity index (χ1v) is 6.09. The molecule has 1 heterocycles. The van der Waals surface area contributed by atoms with E-state index < -0.39 is 0 Å². The molecule has 1 atom stereocenters. The van der Waals surface area contributed by atoms with E-state index in [4.69, 9.17) is 4.74 Å². The Morgan fingerprint density at radius 1 is 1.39 bits per heavy atom. The van der Waals surface area contributed by atoms with Gasteiger partial charge in [0.25, 0.3) is 0 Å². The monoisotopic (exact) mass is 246 g/mol. The molecule has 0 spiro atoms. The summed E-state index contributed by atoms with van der Waals surface area (Å²) in [6.07, 6.45) is 1.28. The fraction of sp³-hybridized carbons (Fsp3) is 0.429. The lowest BCUT2D eigenvalue weighted by molar-refractivity contribution is -0.130. The number of rotatable bonds is 3. The molecule has 1 aromatic rings. The van der Waals surface area contributed by atoms with Crippen LogP contribution < -0.4 is 4.74 Å². The summed E-state index contributed by atoms with van der Waals surface area (Å²) in [5.74, 6) is 1.13. The van der Waals surface area contributed by atoms with Crippen LogP contribution in [0, 0.1) is 0 Å². The van der Waals surface area contributed by atoms with Crippen LogP contribution in [0.3, 0.4) is 0 Å². The van der Waals surface area contributed by atoms with Gasteiger partial charge >= 0.3 is 0 Å². The smallest absolute Gasteiger partial charge is 0.242 e. The highest BCUT2D eigenvalue weighted by Gasteiger charge is 2.22. The fourth-order valence-corrected chi connectivity index (χ4v) is 2.10. The average molecular weight is 246 g/mol. The molecule has 96 valence electrons. The maximum atomic E-state index is 11.4. The highest BCUT2D eigenvalue weighted by molar-refractivity contribution is 5.96. The molecule has 0 fully saturated rings. The zero-order chi connectivity index (χ0) is 13.1. The van der Waals surface area contributed by atoms with Crippen LogP contribution >= 0.6 is 0 Å². The van der Waals surface area contributed by atoms with Crippen molar-refractivity contribution in [2.24, 2.45) is 5.10 Å². The van der Waals surface area contributed by atoms with Gasteiger partial charge in [-0.1, -0.05) is 19.1 Å². The zero-order valence-corrected chi connectivity index (χ0v) is 11.0. The number of carbonyl (C=O) groups is 1. The molecule has 1 aromatic carbocycles. The second-order valence-corrected chi connectivity index (χ2v) is 4.51. The van der Waals surface area contributed by atoms with E-state index in [2.05, 4.69) is 18.1 Å². The summed E-state index contributed by atoms with van der Waals surface area (Å²) >= 11 is 0. The number of methoxy groups -OCH3 is 1. The molecule has 0 radical (unpaired) electrons. The van der Waals surface area contributed by atoms with E-state index in [0.29, 0.717) is 6.42 Å². The number of hydrogen-bond acceptors (Lipinski definition) is 3. The molecule has 0 aliphatic carbocycles. The molecule has 2 rings (SSSR count). The van der Waals surface area contributed by atoms with E-state index in [1.807, 2.05) is 18.2 Å². The predicted molar refractivity (Wildman–Crippen MR) is 70.8 cm³/mol. The third kappa shape index (κ3) is 2.53. The molecule has 0 bridgehead atoms. The Bertz CT molecular complexity index is 482. The van der Waals surface area contributed by atoms with Gasteiger partial charge in [0.15, 0.2) is 0 Å². The van der Waals surface area contributed by atoms with Crippen molar-refractivity contribution in [2.75, 3.05) is 14.2 Å². The van der Waals surface area contributed by atoms with Crippen molar-refractivity contribution < 1.29 is 9.53 Å². The van der Waals surface area contributed by atoms with E-state index in [1.165, 1.54) is 5.01 Å². The first kappa shape index (κ1) is 12.6. The normalized spacial score (nSPS) is 17.4. The summed E-state index contributed by atoms with van der Waals surface area (Å²) in [6.45, 7) is 2.11. The third-order valence-electron chi connectivity index (χ3n) is 3.33. The maximum Gasteiger partial charge on any atom is 0.242 e. The molecule has 0 aromatic heterocycles. The number of hydrogen-bond donors (Lipinski definition) is 0. The van der Waals surface area contributed by atoms with Crippen LogP contribution in [0.5, 0.6) is 5.75 Å². The number of benzene rings is 1. The van der Waals surface area contributed by atoms with Gasteiger partial charge in [-0.2, -0.15) is 5.10 Å². The molecule has 1 unspecified atom stereocenters. The Morgan fingerprint density at radius 3 is 2.83 bits per heavy atom. The van der Waals surface area contributed by atoms with Gasteiger partial charge in [0.2, 0.25) is 5.91 Å². The third-order valence-corrected chi connectivity index (χ3v) is 3.33. The van der Waals surface area contributed by atoms with Crippen molar-refractivity contribution in [3.63, 3.8) is 0 Å². The molecule has 18 heavy (non-hydrogen) atoms. The van der Waals surface area contributed by atoms with Crippen LogP contribution in [0.15, 0.2) is 29.4 Å². The Balaban J connectivity index is 2.23.